The van der Waals surface area contributed by atoms with Crippen molar-refractivity contribution in [3.8, 4) is 0 Å². The Morgan fingerprint density at radius 3 is 2.11 bits per heavy atom. The molecule has 2 aliphatic carbocycles. The van der Waals surface area contributed by atoms with Crippen molar-refractivity contribution >= 4 is 0 Å². The summed E-state index contributed by atoms with van der Waals surface area (Å²) in [4.78, 5) is 5.38. The molecule has 1 aliphatic heterocycles. The molecule has 0 bridgehead atoms. The summed E-state index contributed by atoms with van der Waals surface area (Å²) < 4.78 is 0. The Morgan fingerprint density at radius 1 is 0.895 bits per heavy atom. The fourth-order valence-corrected chi connectivity index (χ4v) is 4.00. The lowest BCUT2D eigenvalue weighted by Crippen LogP contribution is -2.52. The predicted molar refractivity (Wildman–Crippen MR) is 80.2 cm³/mol. The van der Waals surface area contributed by atoms with E-state index in [-0.39, 0.29) is 0 Å². The van der Waals surface area contributed by atoms with Crippen LogP contribution in [0.2, 0.25) is 0 Å². The van der Waals surface area contributed by atoms with E-state index in [2.05, 4.69) is 9.80 Å². The molecule has 0 radical (unpaired) electrons. The van der Waals surface area contributed by atoms with Crippen LogP contribution in [0.15, 0.2) is 0 Å². The molecule has 3 fully saturated rings. The summed E-state index contributed by atoms with van der Waals surface area (Å²) in [6.07, 6.45) is 9.93. The van der Waals surface area contributed by atoms with Crippen LogP contribution in [0.4, 0.5) is 0 Å². The van der Waals surface area contributed by atoms with Gasteiger partial charge in [-0.2, -0.15) is 0 Å². The molecule has 0 amide bonds. The highest BCUT2D eigenvalue weighted by molar-refractivity contribution is 4.89. The van der Waals surface area contributed by atoms with E-state index >= 15 is 0 Å². The topological polar surface area (TPSA) is 32.5 Å². The first-order valence-corrected chi connectivity index (χ1v) is 8.44. The van der Waals surface area contributed by atoms with Gasteiger partial charge in [-0.15, -0.1) is 0 Å². The average Bonchev–Trinajstić information content (AvgIpc) is 3.26. The number of nitrogens with two attached hydrogens (primary N) is 1. The summed E-state index contributed by atoms with van der Waals surface area (Å²) in [5.41, 5.74) is 6.58. The van der Waals surface area contributed by atoms with Crippen LogP contribution in [-0.4, -0.2) is 55.6 Å². The van der Waals surface area contributed by atoms with Gasteiger partial charge in [0.1, 0.15) is 0 Å². The van der Waals surface area contributed by atoms with E-state index in [1.54, 1.807) is 0 Å². The minimum absolute atomic E-state index is 0.455. The molecule has 19 heavy (non-hydrogen) atoms. The molecule has 0 aromatic rings. The zero-order valence-electron chi connectivity index (χ0n) is 12.4. The fourth-order valence-electron chi connectivity index (χ4n) is 4.00. The number of piperazine rings is 1. The van der Waals surface area contributed by atoms with E-state index in [1.165, 1.54) is 84.2 Å². The van der Waals surface area contributed by atoms with Gasteiger partial charge in [-0.3, -0.25) is 0 Å². The van der Waals surface area contributed by atoms with Gasteiger partial charge in [0.2, 0.25) is 0 Å². The first-order valence-electron chi connectivity index (χ1n) is 8.44. The van der Waals surface area contributed by atoms with Crippen molar-refractivity contribution in [2.45, 2.75) is 44.9 Å². The predicted octanol–water partition coefficient (Wildman–Crippen LogP) is 1.92. The molecule has 3 heteroatoms. The zero-order valence-corrected chi connectivity index (χ0v) is 12.4. The summed E-state index contributed by atoms with van der Waals surface area (Å²) in [6, 6.07) is 0. The van der Waals surface area contributed by atoms with Crippen LogP contribution in [-0.2, 0) is 0 Å². The van der Waals surface area contributed by atoms with Gasteiger partial charge in [-0.25, -0.2) is 0 Å². The smallest absolute Gasteiger partial charge is 0.0110 e. The lowest BCUT2D eigenvalue weighted by Gasteiger charge is -2.43. The quantitative estimate of drug-likeness (QED) is 0.824. The van der Waals surface area contributed by atoms with Crippen molar-refractivity contribution in [2.24, 2.45) is 17.1 Å². The normalized spacial score (nSPS) is 29.5. The molecule has 0 spiro atoms. The lowest BCUT2D eigenvalue weighted by atomic mass is 9.73. The minimum Gasteiger partial charge on any atom is -0.330 e. The summed E-state index contributed by atoms with van der Waals surface area (Å²) in [5, 5.41) is 0. The Morgan fingerprint density at radius 2 is 1.53 bits per heavy atom. The second kappa shape index (κ2) is 6.11. The number of nitrogens with zero attached hydrogens (tertiary/aromatic N) is 2. The van der Waals surface area contributed by atoms with Crippen LogP contribution >= 0.6 is 0 Å². The van der Waals surface area contributed by atoms with E-state index in [9.17, 15) is 0 Å². The van der Waals surface area contributed by atoms with Gasteiger partial charge in [-0.05, 0) is 43.6 Å². The van der Waals surface area contributed by atoms with Crippen LogP contribution in [0.3, 0.4) is 0 Å². The second-order valence-electron chi connectivity index (χ2n) is 7.28. The third-order valence-electron chi connectivity index (χ3n) is 5.58. The minimum atomic E-state index is 0.455. The number of hydrogen-bond donors (Lipinski definition) is 1. The fraction of sp³-hybridized carbons (Fsp3) is 1.00. The molecule has 1 heterocycles. The highest BCUT2D eigenvalue weighted by Gasteiger charge is 2.34. The maximum absolute atomic E-state index is 6.12. The SMILES string of the molecule is NCC1(CN2CCN(CC3CC3)CC2)CCCCC1. The van der Waals surface area contributed by atoms with Crippen molar-refractivity contribution in [3.05, 3.63) is 0 Å². The Bertz CT molecular complexity index is 274. The molecule has 3 rings (SSSR count). The van der Waals surface area contributed by atoms with E-state index in [0.29, 0.717) is 5.41 Å². The molecular weight excluding hydrogens is 234 g/mol. The molecule has 2 N–H and O–H groups in total. The maximum Gasteiger partial charge on any atom is 0.0110 e. The number of rotatable bonds is 5. The van der Waals surface area contributed by atoms with Crippen LogP contribution < -0.4 is 5.73 Å². The van der Waals surface area contributed by atoms with E-state index in [4.69, 9.17) is 5.73 Å². The Labute approximate surface area is 118 Å². The largest absolute Gasteiger partial charge is 0.330 e. The summed E-state index contributed by atoms with van der Waals surface area (Å²) in [5.74, 6) is 1.04. The third-order valence-corrected chi connectivity index (χ3v) is 5.58. The Hall–Kier alpha value is -0.120. The molecule has 110 valence electrons. The molecule has 0 aromatic heterocycles. The highest BCUT2D eigenvalue weighted by Crippen LogP contribution is 2.36. The molecule has 0 unspecified atom stereocenters. The summed E-state index contributed by atoms with van der Waals surface area (Å²) >= 11 is 0. The maximum atomic E-state index is 6.12. The van der Waals surface area contributed by atoms with E-state index in [1.807, 2.05) is 0 Å². The molecule has 3 aliphatic rings. The van der Waals surface area contributed by atoms with Gasteiger partial charge < -0.3 is 15.5 Å². The van der Waals surface area contributed by atoms with Crippen LogP contribution in [0.25, 0.3) is 0 Å². The van der Waals surface area contributed by atoms with Gasteiger partial charge in [0.05, 0.1) is 0 Å². The van der Waals surface area contributed by atoms with Gasteiger partial charge in [0.25, 0.3) is 0 Å². The first kappa shape index (κ1) is 13.8. The molecular formula is C16H31N3. The van der Waals surface area contributed by atoms with Crippen LogP contribution in [0, 0.1) is 11.3 Å². The monoisotopic (exact) mass is 265 g/mol. The van der Waals surface area contributed by atoms with Crippen molar-refractivity contribution in [1.82, 2.24) is 9.80 Å². The molecule has 0 aromatic carbocycles. The standard InChI is InChI=1S/C16H31N3/c17-13-16(6-2-1-3-7-16)14-19-10-8-18(9-11-19)12-15-4-5-15/h15H,1-14,17H2. The van der Waals surface area contributed by atoms with E-state index < -0.39 is 0 Å². The zero-order chi connectivity index (χ0) is 13.1. The van der Waals surface area contributed by atoms with Crippen molar-refractivity contribution in [2.75, 3.05) is 45.8 Å². The third kappa shape index (κ3) is 3.71. The van der Waals surface area contributed by atoms with Crippen LogP contribution in [0.1, 0.15) is 44.9 Å². The average molecular weight is 265 g/mol. The summed E-state index contributed by atoms with van der Waals surface area (Å²) in [7, 11) is 0. The van der Waals surface area contributed by atoms with Gasteiger partial charge >= 0.3 is 0 Å². The Kier molecular flexibility index (Phi) is 4.45. The molecule has 2 saturated carbocycles. The van der Waals surface area contributed by atoms with Crippen molar-refractivity contribution in [3.63, 3.8) is 0 Å². The second-order valence-corrected chi connectivity index (χ2v) is 7.28. The van der Waals surface area contributed by atoms with Crippen molar-refractivity contribution < 1.29 is 0 Å². The van der Waals surface area contributed by atoms with Gasteiger partial charge in [0.15, 0.2) is 0 Å². The summed E-state index contributed by atoms with van der Waals surface area (Å²) in [6.45, 7) is 8.66. The van der Waals surface area contributed by atoms with Gasteiger partial charge in [0, 0.05) is 39.3 Å². The lowest BCUT2D eigenvalue weighted by molar-refractivity contribution is 0.0655. The van der Waals surface area contributed by atoms with E-state index in [0.717, 1.165) is 12.5 Å². The first-order chi connectivity index (χ1) is 9.30. The highest BCUT2D eigenvalue weighted by atomic mass is 15.3. The van der Waals surface area contributed by atoms with Crippen LogP contribution in [0.5, 0.6) is 0 Å². The molecule has 1 saturated heterocycles. The molecule has 0 atom stereocenters. The Balaban J connectivity index is 1.44. The van der Waals surface area contributed by atoms with Gasteiger partial charge in [-0.1, -0.05) is 19.3 Å². The molecule has 3 nitrogen and oxygen atoms in total. The number of hydrogen-bond acceptors (Lipinski definition) is 3. The van der Waals surface area contributed by atoms with Crippen molar-refractivity contribution in [1.29, 1.82) is 0 Å².